The van der Waals surface area contributed by atoms with Crippen molar-refractivity contribution in [3.63, 3.8) is 0 Å². The van der Waals surface area contributed by atoms with Gasteiger partial charge in [-0.25, -0.2) is 0 Å². The van der Waals surface area contributed by atoms with E-state index in [0.29, 0.717) is 23.8 Å². The Morgan fingerprint density at radius 3 is 2.68 bits per heavy atom. The van der Waals surface area contributed by atoms with E-state index in [4.69, 9.17) is 9.59 Å². The first-order valence-electron chi connectivity index (χ1n) is 10.2. The zero-order valence-corrected chi connectivity index (χ0v) is 16.5. The summed E-state index contributed by atoms with van der Waals surface area (Å²) in [6.45, 7) is 4.35. The molecular formula is C22H28N2O4. The number of rotatable bonds is 0. The summed E-state index contributed by atoms with van der Waals surface area (Å²) >= 11 is 0. The topological polar surface area (TPSA) is 77.9 Å². The zero-order valence-electron chi connectivity index (χ0n) is 16.5. The quantitative estimate of drug-likeness (QED) is 0.738. The second-order valence-electron chi connectivity index (χ2n) is 8.86. The molecule has 1 spiro atoms. The van der Waals surface area contributed by atoms with Crippen LogP contribution in [-0.2, 0) is 19.8 Å². The van der Waals surface area contributed by atoms with E-state index in [1.54, 1.807) is 0 Å². The molecule has 1 amide bonds. The Bertz CT molecular complexity index is 805. The molecule has 0 bridgehead atoms. The number of nitrogens with zero attached hydrogens (tertiary/aromatic N) is 2. The van der Waals surface area contributed by atoms with Crippen LogP contribution in [0.1, 0.15) is 38.2 Å². The molecule has 5 rings (SSSR count). The van der Waals surface area contributed by atoms with Gasteiger partial charge in [0, 0.05) is 25.3 Å². The van der Waals surface area contributed by atoms with Gasteiger partial charge in [-0.15, -0.1) is 0 Å². The van der Waals surface area contributed by atoms with Gasteiger partial charge in [-0.2, -0.15) is 9.59 Å². The van der Waals surface area contributed by atoms with E-state index < -0.39 is 0 Å². The molecule has 0 unspecified atom stereocenters. The number of aliphatic hydroxyl groups is 1. The first kappa shape index (κ1) is 19.3. The number of piperidine rings is 1. The number of likely N-dealkylation sites (N-methyl/N-ethyl adjacent to an activating group) is 1. The highest BCUT2D eigenvalue weighted by Crippen LogP contribution is 2.55. The number of amides is 1. The fourth-order valence-corrected chi connectivity index (χ4v) is 6.52. The molecule has 150 valence electrons. The highest BCUT2D eigenvalue weighted by molar-refractivity contribution is 6.08. The molecule has 6 heteroatoms. The maximum atomic E-state index is 13.4. The first-order chi connectivity index (χ1) is 13.5. The van der Waals surface area contributed by atoms with Crippen LogP contribution in [0.5, 0.6) is 0 Å². The molecule has 1 aromatic carbocycles. The summed E-state index contributed by atoms with van der Waals surface area (Å²) in [7, 11) is 1.93. The van der Waals surface area contributed by atoms with E-state index in [-0.39, 0.29) is 23.6 Å². The minimum atomic E-state index is -0.363. The van der Waals surface area contributed by atoms with Gasteiger partial charge in [-0.1, -0.05) is 25.1 Å². The zero-order chi connectivity index (χ0) is 20.1. The first-order valence-corrected chi connectivity index (χ1v) is 10.2. The highest BCUT2D eigenvalue weighted by Gasteiger charge is 2.61. The van der Waals surface area contributed by atoms with Crippen LogP contribution in [-0.4, -0.2) is 54.3 Å². The molecule has 28 heavy (non-hydrogen) atoms. The van der Waals surface area contributed by atoms with Crippen LogP contribution in [0, 0.1) is 17.8 Å². The number of fused-ring (bicyclic) bond motifs is 5. The fourth-order valence-electron chi connectivity index (χ4n) is 6.52. The van der Waals surface area contributed by atoms with Gasteiger partial charge < -0.3 is 10.0 Å². The van der Waals surface area contributed by atoms with Crippen molar-refractivity contribution in [2.45, 2.75) is 50.2 Å². The van der Waals surface area contributed by atoms with Gasteiger partial charge in [0.15, 0.2) is 0 Å². The summed E-state index contributed by atoms with van der Waals surface area (Å²) in [5.41, 5.74) is 1.96. The van der Waals surface area contributed by atoms with Crippen LogP contribution < -0.4 is 4.90 Å². The normalized spacial score (nSPS) is 38.9. The summed E-state index contributed by atoms with van der Waals surface area (Å²) in [5, 5.41) is 10.4. The predicted molar refractivity (Wildman–Crippen MR) is 103 cm³/mol. The molecular weight excluding hydrogens is 356 g/mol. The Morgan fingerprint density at radius 1 is 1.21 bits per heavy atom. The fraction of sp³-hybridized carbons (Fsp3) is 0.636. The minimum Gasteiger partial charge on any atom is -0.393 e. The molecule has 1 aliphatic carbocycles. The van der Waals surface area contributed by atoms with E-state index in [0.717, 1.165) is 44.5 Å². The van der Waals surface area contributed by atoms with E-state index in [9.17, 15) is 9.90 Å². The SMILES string of the molecule is C[C@@H]1[C@H]2C[C@@H]3N(CC[C@@]34C(=O)N(C)c3ccccc34)C[C@@H]2CC[C@@H]1O.O=C=O. The van der Waals surface area contributed by atoms with Crippen molar-refractivity contribution in [2.75, 3.05) is 25.0 Å². The summed E-state index contributed by atoms with van der Waals surface area (Å²) in [4.78, 5) is 34.1. The van der Waals surface area contributed by atoms with Gasteiger partial charge >= 0.3 is 6.15 Å². The lowest BCUT2D eigenvalue weighted by atomic mass is 9.62. The Balaban J connectivity index is 0.000000604. The molecule has 2 saturated heterocycles. The Morgan fingerprint density at radius 2 is 1.93 bits per heavy atom. The van der Waals surface area contributed by atoms with Crippen LogP contribution >= 0.6 is 0 Å². The van der Waals surface area contributed by atoms with Crippen molar-refractivity contribution in [1.82, 2.24) is 4.90 Å². The van der Waals surface area contributed by atoms with Crippen LogP contribution in [0.25, 0.3) is 0 Å². The Kier molecular flexibility index (Phi) is 4.90. The number of para-hydroxylation sites is 1. The van der Waals surface area contributed by atoms with Crippen molar-refractivity contribution < 1.29 is 19.5 Å². The van der Waals surface area contributed by atoms with E-state index in [1.807, 2.05) is 18.0 Å². The molecule has 0 aromatic heterocycles. The predicted octanol–water partition coefficient (Wildman–Crippen LogP) is 1.82. The Hall–Kier alpha value is -2.01. The van der Waals surface area contributed by atoms with Gasteiger partial charge in [0.05, 0.1) is 11.5 Å². The molecule has 4 aliphatic rings. The maximum Gasteiger partial charge on any atom is 0.373 e. The third kappa shape index (κ3) is 2.59. The van der Waals surface area contributed by atoms with E-state index >= 15 is 0 Å². The van der Waals surface area contributed by atoms with Gasteiger partial charge in [0.2, 0.25) is 5.91 Å². The van der Waals surface area contributed by atoms with Crippen LogP contribution in [0.4, 0.5) is 5.69 Å². The second-order valence-corrected chi connectivity index (χ2v) is 8.86. The molecule has 1 saturated carbocycles. The van der Waals surface area contributed by atoms with Crippen molar-refractivity contribution in [2.24, 2.45) is 17.8 Å². The van der Waals surface area contributed by atoms with Crippen molar-refractivity contribution in [3.05, 3.63) is 29.8 Å². The molecule has 1 aromatic rings. The molecule has 3 heterocycles. The minimum absolute atomic E-state index is 0.167. The number of carbonyl (C=O) groups excluding carboxylic acids is 3. The van der Waals surface area contributed by atoms with Crippen molar-refractivity contribution in [3.8, 4) is 0 Å². The third-order valence-electron chi connectivity index (χ3n) is 7.92. The number of benzene rings is 1. The summed E-state index contributed by atoms with van der Waals surface area (Å²) in [6.07, 6.45) is 4.15. The van der Waals surface area contributed by atoms with Gasteiger partial charge in [-0.05, 0) is 61.6 Å². The lowest BCUT2D eigenvalue weighted by Crippen LogP contribution is -2.56. The van der Waals surface area contributed by atoms with E-state index in [1.165, 1.54) is 5.56 Å². The third-order valence-corrected chi connectivity index (χ3v) is 7.92. The standard InChI is InChI=1S/C21H28N2O2.CO2/c1-13-15-11-19-21(9-10-23(19)12-14(15)7-8-18(13)24)16-5-3-4-6-17(16)22(2)20(21)25;2-1-3/h3-6,13-15,18-19,24H,7-12H2,1-2H3;/t13-,14+,15-,18+,19+,21+;/m1./s1. The van der Waals surface area contributed by atoms with Crippen LogP contribution in [0.2, 0.25) is 0 Å². The number of hydrogen-bond acceptors (Lipinski definition) is 5. The molecule has 6 atom stereocenters. The lowest BCUT2D eigenvalue weighted by molar-refractivity contribution is -0.191. The largest absolute Gasteiger partial charge is 0.393 e. The number of hydrogen-bond donors (Lipinski definition) is 1. The molecule has 6 nitrogen and oxygen atoms in total. The Labute approximate surface area is 165 Å². The molecule has 3 fully saturated rings. The van der Waals surface area contributed by atoms with Crippen LogP contribution in [0.3, 0.4) is 0 Å². The summed E-state index contributed by atoms with van der Waals surface area (Å²) < 4.78 is 0. The lowest BCUT2D eigenvalue weighted by Gasteiger charge is -2.50. The molecule has 1 N–H and O–H groups in total. The van der Waals surface area contributed by atoms with Gasteiger partial charge in [0.1, 0.15) is 0 Å². The average molecular weight is 384 g/mol. The highest BCUT2D eigenvalue weighted by atomic mass is 16.3. The van der Waals surface area contributed by atoms with Gasteiger partial charge in [0.25, 0.3) is 0 Å². The smallest absolute Gasteiger partial charge is 0.373 e. The number of anilines is 1. The molecule has 3 aliphatic heterocycles. The summed E-state index contributed by atoms with van der Waals surface area (Å²) in [6, 6.07) is 8.66. The van der Waals surface area contributed by atoms with E-state index in [2.05, 4.69) is 30.0 Å². The monoisotopic (exact) mass is 384 g/mol. The van der Waals surface area contributed by atoms with Crippen molar-refractivity contribution in [1.29, 1.82) is 0 Å². The maximum absolute atomic E-state index is 13.4. The van der Waals surface area contributed by atoms with Crippen LogP contribution in [0.15, 0.2) is 24.3 Å². The number of carbonyl (C=O) groups is 1. The molecule has 0 radical (unpaired) electrons. The summed E-state index contributed by atoms with van der Waals surface area (Å²) in [5.74, 6) is 1.87. The number of aliphatic hydroxyl groups excluding tert-OH is 1. The van der Waals surface area contributed by atoms with Gasteiger partial charge in [-0.3, -0.25) is 9.69 Å². The average Bonchev–Trinajstić information content (AvgIpc) is 3.17. The van der Waals surface area contributed by atoms with Crippen molar-refractivity contribution >= 4 is 17.7 Å². The second kappa shape index (κ2) is 7.11.